The van der Waals surface area contributed by atoms with E-state index in [0.717, 1.165) is 11.1 Å². The maximum absolute atomic E-state index is 13.3. The predicted molar refractivity (Wildman–Crippen MR) is 131 cm³/mol. The topological polar surface area (TPSA) is 65.7 Å². The van der Waals surface area contributed by atoms with Gasteiger partial charge < -0.3 is 9.47 Å². The minimum atomic E-state index is -0.248. The lowest BCUT2D eigenvalue weighted by Crippen LogP contribution is -2.20. The summed E-state index contributed by atoms with van der Waals surface area (Å²) >= 11 is 3.51. The monoisotopic (exact) mass is 489 g/mol. The zero-order chi connectivity index (χ0) is 22.5. The van der Waals surface area contributed by atoms with Gasteiger partial charge in [0.2, 0.25) is 0 Å². The first-order valence-electron chi connectivity index (χ1n) is 9.85. The Labute approximate surface area is 193 Å². The van der Waals surface area contributed by atoms with Gasteiger partial charge in [0.05, 0.1) is 28.7 Å². The van der Waals surface area contributed by atoms with E-state index in [1.54, 1.807) is 31.5 Å². The highest BCUT2D eigenvalue weighted by Gasteiger charge is 2.13. The van der Waals surface area contributed by atoms with Crippen LogP contribution in [0.4, 0.5) is 0 Å². The zero-order valence-corrected chi connectivity index (χ0v) is 19.0. The molecular weight excluding hydrogens is 470 g/mol. The Balaban J connectivity index is 1.84. The van der Waals surface area contributed by atoms with E-state index in [2.05, 4.69) is 27.6 Å². The van der Waals surface area contributed by atoms with E-state index in [1.807, 2.05) is 54.6 Å². The third-order valence-electron chi connectivity index (χ3n) is 4.71. The molecule has 0 bridgehead atoms. The van der Waals surface area contributed by atoms with Crippen molar-refractivity contribution in [3.8, 4) is 22.9 Å². The highest BCUT2D eigenvalue weighted by Crippen LogP contribution is 2.36. The van der Waals surface area contributed by atoms with Crippen molar-refractivity contribution in [3.05, 3.63) is 99.8 Å². The van der Waals surface area contributed by atoms with Crippen LogP contribution in [0.1, 0.15) is 5.56 Å². The first-order valence-corrected chi connectivity index (χ1v) is 10.6. The lowest BCUT2D eigenvalue weighted by molar-refractivity contribution is 0.324. The van der Waals surface area contributed by atoms with Crippen molar-refractivity contribution >= 4 is 33.0 Å². The molecule has 1 heterocycles. The van der Waals surface area contributed by atoms with Crippen molar-refractivity contribution in [2.24, 2.45) is 5.10 Å². The summed E-state index contributed by atoms with van der Waals surface area (Å²) in [6.45, 7) is 4.01. The molecule has 0 N–H and O–H groups in total. The molecule has 0 atom stereocenters. The fourth-order valence-corrected chi connectivity index (χ4v) is 3.80. The third kappa shape index (κ3) is 4.33. The average molecular weight is 490 g/mol. The first-order chi connectivity index (χ1) is 15.6. The number of aromatic nitrogens is 2. The fraction of sp³-hybridized carbons (Fsp3) is 0.0800. The van der Waals surface area contributed by atoms with Crippen molar-refractivity contribution < 1.29 is 9.47 Å². The van der Waals surface area contributed by atoms with E-state index in [4.69, 9.17) is 14.5 Å². The average Bonchev–Trinajstić information content (AvgIpc) is 2.83. The highest BCUT2D eigenvalue weighted by atomic mass is 79.9. The number of methoxy groups -OCH3 is 1. The summed E-state index contributed by atoms with van der Waals surface area (Å²) in [7, 11) is 1.56. The van der Waals surface area contributed by atoms with Crippen molar-refractivity contribution in [2.75, 3.05) is 13.7 Å². The van der Waals surface area contributed by atoms with Crippen LogP contribution in [0.2, 0.25) is 0 Å². The van der Waals surface area contributed by atoms with Crippen LogP contribution in [0.15, 0.2) is 93.8 Å². The van der Waals surface area contributed by atoms with Crippen LogP contribution in [0, 0.1) is 0 Å². The zero-order valence-electron chi connectivity index (χ0n) is 17.4. The molecule has 32 heavy (non-hydrogen) atoms. The molecule has 0 aliphatic heterocycles. The number of nitrogens with zero attached hydrogens (tertiary/aromatic N) is 3. The van der Waals surface area contributed by atoms with Gasteiger partial charge in [-0.15, -0.1) is 0 Å². The van der Waals surface area contributed by atoms with Gasteiger partial charge in [0.15, 0.2) is 17.3 Å². The summed E-state index contributed by atoms with van der Waals surface area (Å²) in [4.78, 5) is 18.0. The van der Waals surface area contributed by atoms with Crippen molar-refractivity contribution in [1.82, 2.24) is 9.66 Å². The standard InChI is InChI=1S/C25H20BrN3O3/c1-3-13-32-23-20(26)14-17(15-22(23)31-2)16-27-29-24(18-9-5-4-6-10-18)28-21-12-8-7-11-19(21)25(29)30/h3-12,14-16H,1,13H2,2H3. The van der Waals surface area contributed by atoms with Gasteiger partial charge in [0.25, 0.3) is 5.56 Å². The Morgan fingerprint density at radius 1 is 1.12 bits per heavy atom. The van der Waals surface area contributed by atoms with E-state index in [9.17, 15) is 4.79 Å². The lowest BCUT2D eigenvalue weighted by atomic mass is 10.2. The lowest BCUT2D eigenvalue weighted by Gasteiger charge is -2.12. The summed E-state index contributed by atoms with van der Waals surface area (Å²) < 4.78 is 13.1. The molecule has 6 nitrogen and oxygen atoms in total. The SMILES string of the molecule is C=CCOc1c(Br)cc(C=Nn2c(-c3ccccc3)nc3ccccc3c2=O)cc1OC. The largest absolute Gasteiger partial charge is 0.493 e. The summed E-state index contributed by atoms with van der Waals surface area (Å²) in [6.07, 6.45) is 3.25. The number of hydrogen-bond acceptors (Lipinski definition) is 5. The Morgan fingerprint density at radius 3 is 2.62 bits per heavy atom. The van der Waals surface area contributed by atoms with Gasteiger partial charge in [-0.05, 0) is 45.8 Å². The Hall–Kier alpha value is -3.71. The maximum atomic E-state index is 13.3. The van der Waals surface area contributed by atoms with Crippen LogP contribution in [-0.2, 0) is 0 Å². The molecule has 0 amide bonds. The molecule has 4 aromatic rings. The number of halogens is 1. The van der Waals surface area contributed by atoms with Crippen LogP contribution in [0.5, 0.6) is 11.5 Å². The van der Waals surface area contributed by atoms with Gasteiger partial charge in [-0.25, -0.2) is 4.98 Å². The number of benzene rings is 3. The Bertz CT molecular complexity index is 1360. The van der Waals surface area contributed by atoms with Gasteiger partial charge in [-0.1, -0.05) is 55.1 Å². The molecule has 0 spiro atoms. The van der Waals surface area contributed by atoms with E-state index < -0.39 is 0 Å². The minimum absolute atomic E-state index is 0.248. The second-order valence-electron chi connectivity index (χ2n) is 6.81. The van der Waals surface area contributed by atoms with Crippen molar-refractivity contribution in [3.63, 3.8) is 0 Å². The first kappa shape index (κ1) is 21.5. The summed E-state index contributed by atoms with van der Waals surface area (Å²) in [5.41, 5.74) is 1.89. The highest BCUT2D eigenvalue weighted by molar-refractivity contribution is 9.10. The van der Waals surface area contributed by atoms with Gasteiger partial charge >= 0.3 is 0 Å². The maximum Gasteiger partial charge on any atom is 0.282 e. The molecule has 0 radical (unpaired) electrons. The van der Waals surface area contributed by atoms with Crippen molar-refractivity contribution in [1.29, 1.82) is 0 Å². The second-order valence-corrected chi connectivity index (χ2v) is 7.67. The third-order valence-corrected chi connectivity index (χ3v) is 5.29. The van der Waals surface area contributed by atoms with Crippen molar-refractivity contribution in [2.45, 2.75) is 0 Å². The Morgan fingerprint density at radius 2 is 1.88 bits per heavy atom. The smallest absolute Gasteiger partial charge is 0.282 e. The van der Waals surface area contributed by atoms with Crippen LogP contribution in [0.25, 0.3) is 22.3 Å². The molecule has 4 rings (SSSR count). The molecule has 0 aliphatic carbocycles. The normalized spacial score (nSPS) is 11.1. The second kappa shape index (κ2) is 9.62. The van der Waals surface area contributed by atoms with Crippen LogP contribution in [-0.4, -0.2) is 29.6 Å². The molecule has 7 heteroatoms. The van der Waals surface area contributed by atoms with Crippen LogP contribution >= 0.6 is 15.9 Å². The number of para-hydroxylation sites is 1. The van der Waals surface area contributed by atoms with E-state index in [-0.39, 0.29) is 5.56 Å². The molecular formula is C25H20BrN3O3. The molecule has 0 saturated carbocycles. The van der Waals surface area contributed by atoms with E-state index in [1.165, 1.54) is 4.68 Å². The van der Waals surface area contributed by atoms with E-state index in [0.29, 0.717) is 39.3 Å². The quantitative estimate of drug-likeness (QED) is 0.261. The summed E-state index contributed by atoms with van der Waals surface area (Å²) in [5, 5.41) is 4.99. The molecule has 0 fully saturated rings. The molecule has 0 aliphatic rings. The number of rotatable bonds is 7. The Kier molecular flexibility index (Phi) is 6.47. The molecule has 3 aromatic carbocycles. The molecule has 0 saturated heterocycles. The number of hydrogen-bond donors (Lipinski definition) is 0. The fourth-order valence-electron chi connectivity index (χ4n) is 3.23. The van der Waals surface area contributed by atoms with Gasteiger partial charge in [0, 0.05) is 5.56 Å². The van der Waals surface area contributed by atoms with E-state index >= 15 is 0 Å². The van der Waals surface area contributed by atoms with Crippen LogP contribution < -0.4 is 15.0 Å². The number of fused-ring (bicyclic) bond motifs is 1. The predicted octanol–water partition coefficient (Wildman–Crippen LogP) is 5.28. The number of ether oxygens (including phenoxy) is 2. The molecule has 1 aromatic heterocycles. The summed E-state index contributed by atoms with van der Waals surface area (Å²) in [6, 6.07) is 20.4. The molecule has 0 unspecified atom stereocenters. The van der Waals surface area contributed by atoms with Crippen LogP contribution in [0.3, 0.4) is 0 Å². The minimum Gasteiger partial charge on any atom is -0.493 e. The molecule has 160 valence electrons. The summed E-state index contributed by atoms with van der Waals surface area (Å²) in [5.74, 6) is 1.57. The van der Waals surface area contributed by atoms with Gasteiger partial charge in [-0.3, -0.25) is 4.79 Å². The van der Waals surface area contributed by atoms with Gasteiger partial charge in [0.1, 0.15) is 6.61 Å². The van der Waals surface area contributed by atoms with Gasteiger partial charge in [-0.2, -0.15) is 9.78 Å².